The van der Waals surface area contributed by atoms with Crippen molar-refractivity contribution in [3.8, 4) is 0 Å². The third kappa shape index (κ3) is 3.48. The molecule has 0 bridgehead atoms. The van der Waals surface area contributed by atoms with E-state index in [4.69, 9.17) is 5.73 Å². The predicted molar refractivity (Wildman–Crippen MR) is 78.0 cm³/mol. The zero-order valence-corrected chi connectivity index (χ0v) is 12.1. The third-order valence-electron chi connectivity index (χ3n) is 3.96. The van der Waals surface area contributed by atoms with Gasteiger partial charge in [-0.05, 0) is 57.1 Å². The summed E-state index contributed by atoms with van der Waals surface area (Å²) in [6.45, 7) is 2.83. The maximum atomic E-state index is 13.2. The predicted octanol–water partition coefficient (Wildman–Crippen LogP) is 1.82. The van der Waals surface area contributed by atoms with Gasteiger partial charge in [0.25, 0.3) is 5.91 Å². The molecule has 0 atom stereocenters. The van der Waals surface area contributed by atoms with Crippen LogP contribution in [0, 0.1) is 11.7 Å². The van der Waals surface area contributed by atoms with Crippen LogP contribution in [0.15, 0.2) is 18.2 Å². The van der Waals surface area contributed by atoms with Gasteiger partial charge in [-0.3, -0.25) is 4.79 Å². The van der Waals surface area contributed by atoms with E-state index < -0.39 is 5.82 Å². The second-order valence-corrected chi connectivity index (χ2v) is 5.66. The Labute approximate surface area is 119 Å². The summed E-state index contributed by atoms with van der Waals surface area (Å²) >= 11 is 0. The van der Waals surface area contributed by atoms with Crippen LogP contribution < -0.4 is 5.73 Å². The summed E-state index contributed by atoms with van der Waals surface area (Å²) in [5.74, 6) is -0.133. The summed E-state index contributed by atoms with van der Waals surface area (Å²) in [4.78, 5) is 16.3. The maximum absolute atomic E-state index is 13.2. The Kier molecular flexibility index (Phi) is 4.60. The standard InChI is InChI=1S/C15H22FN3O/c1-18-7-5-11(6-8-18)10-19(2)15(20)13-9-12(16)3-4-14(13)17/h3-4,9,11H,5-8,10,17H2,1-2H3. The van der Waals surface area contributed by atoms with Crippen molar-refractivity contribution in [3.05, 3.63) is 29.6 Å². The molecule has 5 heteroatoms. The molecule has 1 fully saturated rings. The summed E-state index contributed by atoms with van der Waals surface area (Å²) in [6.07, 6.45) is 2.18. The molecule has 0 unspecified atom stereocenters. The molecule has 2 rings (SSSR count). The highest BCUT2D eigenvalue weighted by molar-refractivity contribution is 5.98. The monoisotopic (exact) mass is 279 g/mol. The van der Waals surface area contributed by atoms with E-state index in [0.29, 0.717) is 18.2 Å². The van der Waals surface area contributed by atoms with Gasteiger partial charge in [-0.1, -0.05) is 0 Å². The van der Waals surface area contributed by atoms with Crippen LogP contribution in [-0.2, 0) is 0 Å². The first-order chi connectivity index (χ1) is 9.47. The molecule has 1 heterocycles. The number of carbonyl (C=O) groups is 1. The van der Waals surface area contributed by atoms with Crippen LogP contribution in [0.4, 0.5) is 10.1 Å². The van der Waals surface area contributed by atoms with Crippen molar-refractivity contribution in [3.63, 3.8) is 0 Å². The van der Waals surface area contributed by atoms with Crippen molar-refractivity contribution in [1.82, 2.24) is 9.80 Å². The van der Waals surface area contributed by atoms with Crippen LogP contribution in [0.2, 0.25) is 0 Å². The van der Waals surface area contributed by atoms with E-state index in [1.807, 2.05) is 0 Å². The number of carbonyl (C=O) groups excluding carboxylic acids is 1. The Balaban J connectivity index is 1.99. The zero-order chi connectivity index (χ0) is 14.7. The quantitative estimate of drug-likeness (QED) is 0.859. The van der Waals surface area contributed by atoms with Gasteiger partial charge >= 0.3 is 0 Å². The molecule has 4 nitrogen and oxygen atoms in total. The fraction of sp³-hybridized carbons (Fsp3) is 0.533. The first-order valence-corrected chi connectivity index (χ1v) is 6.96. The van der Waals surface area contributed by atoms with Gasteiger partial charge in [0, 0.05) is 19.3 Å². The van der Waals surface area contributed by atoms with Crippen LogP contribution in [0.3, 0.4) is 0 Å². The molecule has 0 spiro atoms. The molecular formula is C15H22FN3O. The van der Waals surface area contributed by atoms with E-state index in [1.165, 1.54) is 18.2 Å². The topological polar surface area (TPSA) is 49.6 Å². The van der Waals surface area contributed by atoms with Gasteiger partial charge in [-0.2, -0.15) is 0 Å². The van der Waals surface area contributed by atoms with Gasteiger partial charge in [0.15, 0.2) is 0 Å². The summed E-state index contributed by atoms with van der Waals surface area (Å²) < 4.78 is 13.2. The average Bonchev–Trinajstić information content (AvgIpc) is 2.43. The average molecular weight is 279 g/mol. The lowest BCUT2D eigenvalue weighted by atomic mass is 9.96. The summed E-state index contributed by atoms with van der Waals surface area (Å²) in [5, 5.41) is 0. The second kappa shape index (κ2) is 6.22. The Morgan fingerprint density at radius 2 is 2.10 bits per heavy atom. The number of piperidine rings is 1. The summed E-state index contributed by atoms with van der Waals surface area (Å²) in [5.41, 5.74) is 6.33. The van der Waals surface area contributed by atoms with Crippen molar-refractivity contribution in [2.24, 2.45) is 5.92 Å². The minimum Gasteiger partial charge on any atom is -0.398 e. The number of rotatable bonds is 3. The number of likely N-dealkylation sites (tertiary alicyclic amines) is 1. The number of nitrogens with two attached hydrogens (primary N) is 1. The van der Waals surface area contributed by atoms with E-state index >= 15 is 0 Å². The van der Waals surface area contributed by atoms with Crippen molar-refractivity contribution < 1.29 is 9.18 Å². The molecule has 1 aromatic carbocycles. The fourth-order valence-electron chi connectivity index (χ4n) is 2.63. The Bertz CT molecular complexity index is 484. The van der Waals surface area contributed by atoms with Gasteiger partial charge in [0.1, 0.15) is 5.82 Å². The summed E-state index contributed by atoms with van der Waals surface area (Å²) in [6, 6.07) is 3.91. The minimum absolute atomic E-state index is 0.207. The number of hydrogen-bond acceptors (Lipinski definition) is 3. The normalized spacial score (nSPS) is 17.1. The van der Waals surface area contributed by atoms with Gasteiger partial charge in [-0.15, -0.1) is 0 Å². The van der Waals surface area contributed by atoms with Crippen LogP contribution >= 0.6 is 0 Å². The lowest BCUT2D eigenvalue weighted by Crippen LogP contribution is -2.38. The van der Waals surface area contributed by atoms with Crippen LogP contribution in [0.25, 0.3) is 0 Å². The molecule has 0 radical (unpaired) electrons. The van der Waals surface area contributed by atoms with E-state index in [0.717, 1.165) is 25.9 Å². The molecule has 1 aliphatic heterocycles. The highest BCUT2D eigenvalue weighted by Gasteiger charge is 2.22. The van der Waals surface area contributed by atoms with Crippen molar-refractivity contribution in [2.75, 3.05) is 39.5 Å². The van der Waals surface area contributed by atoms with E-state index in [-0.39, 0.29) is 11.5 Å². The molecule has 110 valence electrons. The molecule has 0 saturated carbocycles. The number of hydrogen-bond donors (Lipinski definition) is 1. The molecule has 1 saturated heterocycles. The third-order valence-corrected chi connectivity index (χ3v) is 3.96. The molecule has 0 aliphatic carbocycles. The largest absolute Gasteiger partial charge is 0.398 e. The number of amides is 1. The number of nitrogen functional groups attached to an aromatic ring is 1. The van der Waals surface area contributed by atoms with Gasteiger partial charge in [0.2, 0.25) is 0 Å². The molecule has 1 aromatic rings. The van der Waals surface area contributed by atoms with E-state index in [2.05, 4.69) is 11.9 Å². The van der Waals surface area contributed by atoms with Crippen LogP contribution in [0.5, 0.6) is 0 Å². The lowest BCUT2D eigenvalue weighted by Gasteiger charge is -2.31. The van der Waals surface area contributed by atoms with E-state index in [1.54, 1.807) is 11.9 Å². The molecular weight excluding hydrogens is 257 g/mol. The Morgan fingerprint density at radius 1 is 1.45 bits per heavy atom. The maximum Gasteiger partial charge on any atom is 0.255 e. The van der Waals surface area contributed by atoms with Gasteiger partial charge in [-0.25, -0.2) is 4.39 Å². The molecule has 1 amide bonds. The van der Waals surface area contributed by atoms with Crippen molar-refractivity contribution >= 4 is 11.6 Å². The molecule has 20 heavy (non-hydrogen) atoms. The highest BCUT2D eigenvalue weighted by Crippen LogP contribution is 2.20. The summed E-state index contributed by atoms with van der Waals surface area (Å²) in [7, 11) is 3.86. The van der Waals surface area contributed by atoms with Crippen LogP contribution in [0.1, 0.15) is 23.2 Å². The highest BCUT2D eigenvalue weighted by atomic mass is 19.1. The molecule has 1 aliphatic rings. The lowest BCUT2D eigenvalue weighted by molar-refractivity contribution is 0.0748. The minimum atomic E-state index is -0.435. The Morgan fingerprint density at radius 3 is 2.75 bits per heavy atom. The number of nitrogens with zero attached hydrogens (tertiary/aromatic N) is 2. The van der Waals surface area contributed by atoms with Gasteiger partial charge in [0.05, 0.1) is 5.56 Å². The fourth-order valence-corrected chi connectivity index (χ4v) is 2.63. The first-order valence-electron chi connectivity index (χ1n) is 6.96. The van der Waals surface area contributed by atoms with Crippen molar-refractivity contribution in [1.29, 1.82) is 0 Å². The molecule has 2 N–H and O–H groups in total. The van der Waals surface area contributed by atoms with E-state index in [9.17, 15) is 9.18 Å². The van der Waals surface area contributed by atoms with Gasteiger partial charge < -0.3 is 15.5 Å². The SMILES string of the molecule is CN1CCC(CN(C)C(=O)c2cc(F)ccc2N)CC1. The smallest absolute Gasteiger partial charge is 0.255 e. The molecule has 0 aromatic heterocycles. The van der Waals surface area contributed by atoms with Crippen molar-refractivity contribution in [2.45, 2.75) is 12.8 Å². The number of benzene rings is 1. The number of halogens is 1. The zero-order valence-electron chi connectivity index (χ0n) is 12.1. The Hall–Kier alpha value is -1.62. The first kappa shape index (κ1) is 14.8. The number of anilines is 1. The second-order valence-electron chi connectivity index (χ2n) is 5.66. The van der Waals surface area contributed by atoms with Crippen LogP contribution in [-0.4, -0.2) is 49.4 Å².